The molecular formula is C22H32BN3O3. The van der Waals surface area contributed by atoms with E-state index in [9.17, 15) is 4.79 Å². The van der Waals surface area contributed by atoms with Crippen LogP contribution < -0.4 is 4.90 Å². The quantitative estimate of drug-likeness (QED) is 0.732. The number of likely N-dealkylation sites (tertiary alicyclic amines) is 1. The third kappa shape index (κ3) is 3.08. The fraction of sp³-hybridized carbons (Fsp3) is 0.727. The van der Waals surface area contributed by atoms with Crippen molar-refractivity contribution >= 4 is 18.8 Å². The van der Waals surface area contributed by atoms with Crippen molar-refractivity contribution in [3.63, 3.8) is 0 Å². The van der Waals surface area contributed by atoms with Gasteiger partial charge in [-0.25, -0.2) is 4.98 Å². The van der Waals surface area contributed by atoms with Crippen molar-refractivity contribution in [2.75, 3.05) is 31.1 Å². The van der Waals surface area contributed by atoms with Gasteiger partial charge in [0.25, 0.3) is 5.91 Å². The highest BCUT2D eigenvalue weighted by Gasteiger charge is 2.70. The van der Waals surface area contributed by atoms with Crippen LogP contribution in [0.2, 0.25) is 5.31 Å². The van der Waals surface area contributed by atoms with Crippen molar-refractivity contribution in [3.8, 4) is 0 Å². The van der Waals surface area contributed by atoms with Crippen LogP contribution in [0.3, 0.4) is 0 Å². The van der Waals surface area contributed by atoms with E-state index in [1.54, 1.807) is 6.20 Å². The number of fused-ring (bicyclic) bond motifs is 1. The van der Waals surface area contributed by atoms with Crippen LogP contribution in [0.5, 0.6) is 0 Å². The number of carbonyl (C=O) groups is 1. The van der Waals surface area contributed by atoms with Gasteiger partial charge in [-0.15, -0.1) is 0 Å². The van der Waals surface area contributed by atoms with Crippen molar-refractivity contribution in [3.05, 3.63) is 23.9 Å². The van der Waals surface area contributed by atoms with Crippen LogP contribution in [-0.2, 0) is 9.31 Å². The Morgan fingerprint density at radius 1 is 1.10 bits per heavy atom. The van der Waals surface area contributed by atoms with Gasteiger partial charge >= 0.3 is 7.12 Å². The highest BCUT2D eigenvalue weighted by Crippen LogP contribution is 2.69. The number of carbonyl (C=O) groups excluding carboxylic acids is 1. The second-order valence-electron chi connectivity index (χ2n) is 10.3. The molecule has 0 N–H and O–H groups in total. The van der Waals surface area contributed by atoms with E-state index in [0.717, 1.165) is 44.8 Å². The van der Waals surface area contributed by atoms with E-state index in [-0.39, 0.29) is 29.5 Å². The molecular weight excluding hydrogens is 365 g/mol. The minimum absolute atomic E-state index is 0.0830. The van der Waals surface area contributed by atoms with Crippen LogP contribution in [0.1, 0.15) is 63.7 Å². The Kier molecular flexibility index (Phi) is 4.31. The monoisotopic (exact) mass is 397 g/mol. The van der Waals surface area contributed by atoms with Crippen LogP contribution in [0, 0.1) is 5.92 Å². The molecule has 3 aliphatic heterocycles. The topological polar surface area (TPSA) is 54.9 Å². The second kappa shape index (κ2) is 6.45. The summed E-state index contributed by atoms with van der Waals surface area (Å²) in [6.07, 6.45) is 6.22. The maximum atomic E-state index is 13.0. The molecule has 0 spiro atoms. The first kappa shape index (κ1) is 19.4. The molecule has 1 aliphatic carbocycles. The zero-order valence-corrected chi connectivity index (χ0v) is 18.1. The third-order valence-corrected chi connectivity index (χ3v) is 8.00. The van der Waals surface area contributed by atoms with Crippen LogP contribution in [-0.4, -0.2) is 60.3 Å². The maximum absolute atomic E-state index is 13.0. The summed E-state index contributed by atoms with van der Waals surface area (Å²) in [6, 6.07) is 3.93. The van der Waals surface area contributed by atoms with Gasteiger partial charge in [-0.1, -0.05) is 0 Å². The first-order valence-corrected chi connectivity index (χ1v) is 11.1. The SMILES string of the molecule is CC1(C)OB(C23CCN(C(=O)c4ccc(N5CCCC5)nc4)CC2C3)OC1(C)C. The number of pyridine rings is 1. The Bertz CT molecular complexity index is 790. The lowest BCUT2D eigenvalue weighted by Gasteiger charge is -2.32. The average Bonchev–Trinajstić information content (AvgIpc) is 3.06. The molecule has 1 saturated carbocycles. The smallest absolute Gasteiger partial charge is 0.403 e. The van der Waals surface area contributed by atoms with Crippen molar-refractivity contribution in [2.45, 2.75) is 69.9 Å². The van der Waals surface area contributed by atoms with Crippen LogP contribution in [0.4, 0.5) is 5.82 Å². The molecule has 4 fully saturated rings. The summed E-state index contributed by atoms with van der Waals surface area (Å²) in [5.41, 5.74) is 0.0987. The standard InChI is InChI=1S/C22H32BN3O3/c1-20(2)21(3,4)29-23(28-20)22-9-12-26(15-17(22)13-22)19(27)16-7-8-18(24-14-16)25-10-5-6-11-25/h7-8,14,17H,5-6,9-13,15H2,1-4H3. The minimum Gasteiger partial charge on any atom is -0.403 e. The summed E-state index contributed by atoms with van der Waals surface area (Å²) in [5.74, 6) is 1.55. The summed E-state index contributed by atoms with van der Waals surface area (Å²) in [4.78, 5) is 21.9. The van der Waals surface area contributed by atoms with Crippen LogP contribution in [0.25, 0.3) is 0 Å². The average molecular weight is 397 g/mol. The second-order valence-corrected chi connectivity index (χ2v) is 10.3. The molecule has 4 heterocycles. The first-order valence-electron chi connectivity index (χ1n) is 11.1. The Morgan fingerprint density at radius 3 is 2.38 bits per heavy atom. The van der Waals surface area contributed by atoms with Gasteiger partial charge in [-0.3, -0.25) is 4.79 Å². The molecule has 2 unspecified atom stereocenters. The Morgan fingerprint density at radius 2 is 1.79 bits per heavy atom. The molecule has 1 aromatic rings. The summed E-state index contributed by atoms with van der Waals surface area (Å²) < 4.78 is 12.7. The number of amides is 1. The Balaban J connectivity index is 1.23. The molecule has 0 aromatic carbocycles. The van der Waals surface area contributed by atoms with Gasteiger partial charge < -0.3 is 19.1 Å². The van der Waals surface area contributed by atoms with E-state index in [1.807, 2.05) is 17.0 Å². The summed E-state index contributed by atoms with van der Waals surface area (Å²) in [5, 5.41) is 0.0830. The molecule has 0 radical (unpaired) electrons. The molecule has 0 bridgehead atoms. The third-order valence-electron chi connectivity index (χ3n) is 8.00. The number of hydrogen-bond donors (Lipinski definition) is 0. The van der Waals surface area contributed by atoms with E-state index in [1.165, 1.54) is 12.8 Å². The number of rotatable bonds is 3. The minimum atomic E-state index is -0.296. The van der Waals surface area contributed by atoms with E-state index in [2.05, 4.69) is 37.6 Å². The van der Waals surface area contributed by atoms with Gasteiger partial charge in [0, 0.05) is 37.7 Å². The summed E-state index contributed by atoms with van der Waals surface area (Å²) in [7, 11) is -0.156. The number of nitrogens with zero attached hydrogens (tertiary/aromatic N) is 3. The molecule has 4 aliphatic rings. The number of anilines is 1. The van der Waals surface area contributed by atoms with Crippen molar-refractivity contribution in [1.29, 1.82) is 0 Å². The first-order chi connectivity index (χ1) is 13.7. The van der Waals surface area contributed by atoms with E-state index in [0.29, 0.717) is 11.5 Å². The predicted octanol–water partition coefficient (Wildman–Crippen LogP) is 3.38. The van der Waals surface area contributed by atoms with Crippen molar-refractivity contribution in [2.24, 2.45) is 5.92 Å². The molecule has 7 heteroatoms. The van der Waals surface area contributed by atoms with E-state index in [4.69, 9.17) is 9.31 Å². The number of piperidine rings is 1. The molecule has 2 atom stereocenters. The van der Waals surface area contributed by atoms with E-state index >= 15 is 0 Å². The van der Waals surface area contributed by atoms with Gasteiger partial charge in [0.2, 0.25) is 0 Å². The van der Waals surface area contributed by atoms with Crippen LogP contribution >= 0.6 is 0 Å². The zero-order chi connectivity index (χ0) is 20.4. The lowest BCUT2D eigenvalue weighted by molar-refractivity contribution is 0.00578. The van der Waals surface area contributed by atoms with Gasteiger partial charge in [0.1, 0.15) is 5.82 Å². The number of hydrogen-bond acceptors (Lipinski definition) is 5. The summed E-state index contributed by atoms with van der Waals surface area (Å²) in [6.45, 7) is 12.1. The zero-order valence-electron chi connectivity index (χ0n) is 18.1. The normalized spacial score (nSPS) is 32.4. The fourth-order valence-electron chi connectivity index (χ4n) is 5.15. The molecule has 1 amide bonds. The molecule has 156 valence electrons. The van der Waals surface area contributed by atoms with Crippen molar-refractivity contribution < 1.29 is 14.1 Å². The van der Waals surface area contributed by atoms with Crippen molar-refractivity contribution in [1.82, 2.24) is 9.88 Å². The molecule has 3 saturated heterocycles. The lowest BCUT2D eigenvalue weighted by Crippen LogP contribution is -2.42. The predicted molar refractivity (Wildman–Crippen MR) is 113 cm³/mol. The maximum Gasteiger partial charge on any atom is 0.464 e. The fourth-order valence-corrected chi connectivity index (χ4v) is 5.15. The van der Waals surface area contributed by atoms with Gasteiger partial charge in [-0.05, 0) is 71.4 Å². The van der Waals surface area contributed by atoms with E-state index < -0.39 is 0 Å². The number of aromatic nitrogens is 1. The highest BCUT2D eigenvalue weighted by molar-refractivity contribution is 6.51. The Hall–Kier alpha value is -1.60. The largest absolute Gasteiger partial charge is 0.464 e. The lowest BCUT2D eigenvalue weighted by atomic mass is 9.63. The molecule has 6 nitrogen and oxygen atoms in total. The van der Waals surface area contributed by atoms with Crippen LogP contribution in [0.15, 0.2) is 18.3 Å². The van der Waals surface area contributed by atoms with Gasteiger partial charge in [0.05, 0.1) is 16.8 Å². The van der Waals surface area contributed by atoms with Gasteiger partial charge in [0.15, 0.2) is 0 Å². The summed E-state index contributed by atoms with van der Waals surface area (Å²) >= 11 is 0. The molecule has 29 heavy (non-hydrogen) atoms. The Labute approximate surface area is 174 Å². The van der Waals surface area contributed by atoms with Gasteiger partial charge in [-0.2, -0.15) is 0 Å². The molecule has 1 aromatic heterocycles. The molecule has 5 rings (SSSR count). The highest BCUT2D eigenvalue weighted by atomic mass is 16.7.